The second kappa shape index (κ2) is 5.27. The van der Waals surface area contributed by atoms with Crippen LogP contribution in [-0.4, -0.2) is 16.3 Å². The molecular formula is C13H11FN2OS. The monoisotopic (exact) mass is 262 g/mol. The van der Waals surface area contributed by atoms with E-state index in [-0.39, 0.29) is 0 Å². The molecule has 3 nitrogen and oxygen atoms in total. The van der Waals surface area contributed by atoms with E-state index >= 15 is 0 Å². The molecule has 0 amide bonds. The Morgan fingerprint density at radius 3 is 2.39 bits per heavy atom. The van der Waals surface area contributed by atoms with Gasteiger partial charge in [0.25, 0.3) is 0 Å². The molecular weight excluding hydrogens is 251 g/mol. The summed E-state index contributed by atoms with van der Waals surface area (Å²) < 4.78 is 13.7. The zero-order valence-electron chi connectivity index (χ0n) is 9.98. The van der Waals surface area contributed by atoms with Crippen molar-refractivity contribution in [3.8, 4) is 0 Å². The van der Waals surface area contributed by atoms with Gasteiger partial charge in [0.05, 0.1) is 4.90 Å². The molecule has 18 heavy (non-hydrogen) atoms. The summed E-state index contributed by atoms with van der Waals surface area (Å²) in [7, 11) is 0. The molecule has 1 aromatic carbocycles. The Hall–Kier alpha value is -1.75. The summed E-state index contributed by atoms with van der Waals surface area (Å²) in [5.41, 5.74) is 2.00. The number of halogens is 1. The lowest BCUT2D eigenvalue weighted by Gasteiger charge is -2.04. The van der Waals surface area contributed by atoms with Crippen LogP contribution in [-0.2, 0) is 0 Å². The summed E-state index contributed by atoms with van der Waals surface area (Å²) in [5, 5.41) is 0.505. The van der Waals surface area contributed by atoms with Gasteiger partial charge in [0.1, 0.15) is 12.1 Å². The topological polar surface area (TPSA) is 42.9 Å². The molecule has 0 spiro atoms. The summed E-state index contributed by atoms with van der Waals surface area (Å²) in [6.07, 6.45) is 0.616. The lowest BCUT2D eigenvalue weighted by atomic mass is 10.2. The molecule has 1 aromatic heterocycles. The molecule has 2 rings (SSSR count). The van der Waals surface area contributed by atoms with Crippen LogP contribution in [0.1, 0.15) is 21.7 Å². The summed E-state index contributed by atoms with van der Waals surface area (Å²) in [4.78, 5) is 19.4. The van der Waals surface area contributed by atoms with Crippen LogP contribution in [0.3, 0.4) is 0 Å². The van der Waals surface area contributed by atoms with Gasteiger partial charge in [0.15, 0.2) is 5.16 Å². The lowest BCUT2D eigenvalue weighted by Crippen LogP contribution is -1.93. The van der Waals surface area contributed by atoms with Crippen molar-refractivity contribution in [1.29, 1.82) is 0 Å². The average Bonchev–Trinajstić information content (AvgIpc) is 2.30. The van der Waals surface area contributed by atoms with E-state index < -0.39 is 5.82 Å². The van der Waals surface area contributed by atoms with Gasteiger partial charge in [-0.3, -0.25) is 4.79 Å². The predicted octanol–water partition coefficient (Wildman–Crippen LogP) is 3.20. The van der Waals surface area contributed by atoms with E-state index in [2.05, 4.69) is 9.97 Å². The first kappa shape index (κ1) is 12.7. The zero-order chi connectivity index (χ0) is 13.1. The van der Waals surface area contributed by atoms with Gasteiger partial charge < -0.3 is 0 Å². The van der Waals surface area contributed by atoms with E-state index in [1.807, 2.05) is 19.9 Å². The van der Waals surface area contributed by atoms with Crippen LogP contribution in [0.2, 0.25) is 0 Å². The van der Waals surface area contributed by atoms with Crippen LogP contribution in [0.25, 0.3) is 0 Å². The highest BCUT2D eigenvalue weighted by Gasteiger charge is 2.08. The first-order valence-electron chi connectivity index (χ1n) is 5.33. The van der Waals surface area contributed by atoms with Crippen molar-refractivity contribution in [2.24, 2.45) is 0 Å². The molecule has 0 radical (unpaired) electrons. The Bertz CT molecular complexity index is 581. The molecule has 5 heteroatoms. The fraction of sp³-hybridized carbons (Fsp3) is 0.154. The molecule has 92 valence electrons. The quantitative estimate of drug-likeness (QED) is 0.629. The molecule has 0 bridgehead atoms. The fourth-order valence-electron chi connectivity index (χ4n) is 1.51. The van der Waals surface area contributed by atoms with Gasteiger partial charge in [-0.1, -0.05) is 6.07 Å². The summed E-state index contributed by atoms with van der Waals surface area (Å²) >= 11 is 1.15. The summed E-state index contributed by atoms with van der Waals surface area (Å²) in [5.74, 6) is -0.438. The summed E-state index contributed by atoms with van der Waals surface area (Å²) in [6.45, 7) is 3.73. The molecule has 0 atom stereocenters. The second-order valence-electron chi connectivity index (χ2n) is 3.84. The highest BCUT2D eigenvalue weighted by atomic mass is 32.2. The molecule has 0 saturated carbocycles. The van der Waals surface area contributed by atoms with Crippen molar-refractivity contribution in [1.82, 2.24) is 9.97 Å². The first-order valence-corrected chi connectivity index (χ1v) is 6.15. The number of hydrogen-bond donors (Lipinski definition) is 0. The number of benzene rings is 1. The predicted molar refractivity (Wildman–Crippen MR) is 67.4 cm³/mol. The number of carbonyl (C=O) groups is 1. The highest BCUT2D eigenvalue weighted by Crippen LogP contribution is 2.27. The number of hydrogen-bond acceptors (Lipinski definition) is 4. The number of nitrogens with zero attached hydrogens (tertiary/aromatic N) is 2. The third-order valence-electron chi connectivity index (χ3n) is 2.26. The molecule has 2 aromatic rings. The Morgan fingerprint density at radius 1 is 1.17 bits per heavy atom. The maximum absolute atomic E-state index is 13.7. The largest absolute Gasteiger partial charge is 0.298 e. The van der Waals surface area contributed by atoms with E-state index in [1.165, 1.54) is 6.07 Å². The van der Waals surface area contributed by atoms with Crippen molar-refractivity contribution in [2.75, 3.05) is 0 Å². The molecule has 0 fully saturated rings. The van der Waals surface area contributed by atoms with E-state index in [1.54, 1.807) is 12.1 Å². The Labute approximate surface area is 108 Å². The van der Waals surface area contributed by atoms with Crippen molar-refractivity contribution in [2.45, 2.75) is 23.9 Å². The number of carbonyl (C=O) groups excluding carboxylic acids is 1. The van der Waals surface area contributed by atoms with Crippen LogP contribution in [0.15, 0.2) is 34.3 Å². The molecule has 0 N–H and O–H groups in total. The minimum Gasteiger partial charge on any atom is -0.298 e. The van der Waals surface area contributed by atoms with Crippen LogP contribution < -0.4 is 0 Å². The third-order valence-corrected chi connectivity index (χ3v) is 3.17. The molecule has 0 aliphatic rings. The second-order valence-corrected chi connectivity index (χ2v) is 4.85. The number of aromatic nitrogens is 2. The number of aryl methyl sites for hydroxylation is 2. The molecule has 0 aliphatic heterocycles. The fourth-order valence-corrected chi connectivity index (χ4v) is 2.38. The van der Waals surface area contributed by atoms with Crippen molar-refractivity contribution >= 4 is 18.0 Å². The van der Waals surface area contributed by atoms with E-state index in [4.69, 9.17) is 0 Å². The van der Waals surface area contributed by atoms with Gasteiger partial charge in [-0.2, -0.15) is 0 Å². The van der Waals surface area contributed by atoms with Crippen molar-refractivity contribution < 1.29 is 9.18 Å². The van der Waals surface area contributed by atoms with E-state index in [0.717, 1.165) is 23.1 Å². The first-order chi connectivity index (χ1) is 8.58. The van der Waals surface area contributed by atoms with Crippen molar-refractivity contribution in [3.05, 3.63) is 47.0 Å². The van der Waals surface area contributed by atoms with Gasteiger partial charge in [-0.25, -0.2) is 14.4 Å². The zero-order valence-corrected chi connectivity index (χ0v) is 10.8. The highest BCUT2D eigenvalue weighted by molar-refractivity contribution is 7.99. The van der Waals surface area contributed by atoms with Crippen LogP contribution >= 0.6 is 11.8 Å². The average molecular weight is 262 g/mol. The van der Waals surface area contributed by atoms with E-state index in [9.17, 15) is 9.18 Å². The Balaban J connectivity index is 2.31. The normalized spacial score (nSPS) is 10.4. The lowest BCUT2D eigenvalue weighted by molar-refractivity contribution is 0.112. The smallest absolute Gasteiger partial charge is 0.192 e. The maximum atomic E-state index is 13.7. The Kier molecular flexibility index (Phi) is 3.72. The van der Waals surface area contributed by atoms with Crippen molar-refractivity contribution in [3.63, 3.8) is 0 Å². The number of rotatable bonds is 3. The minimum absolute atomic E-state index is 0.318. The van der Waals surface area contributed by atoms with Gasteiger partial charge >= 0.3 is 0 Å². The maximum Gasteiger partial charge on any atom is 0.192 e. The van der Waals surface area contributed by atoms with Crippen LogP contribution in [0, 0.1) is 19.7 Å². The minimum atomic E-state index is -0.438. The van der Waals surface area contributed by atoms with E-state index in [0.29, 0.717) is 21.9 Å². The van der Waals surface area contributed by atoms with Gasteiger partial charge in [0, 0.05) is 17.0 Å². The van der Waals surface area contributed by atoms with Gasteiger partial charge in [-0.05, 0) is 43.8 Å². The Morgan fingerprint density at radius 2 is 1.83 bits per heavy atom. The SMILES string of the molecule is Cc1cc(C)nc(Sc2ccc(C=O)cc2F)n1. The van der Waals surface area contributed by atoms with Gasteiger partial charge in [0.2, 0.25) is 0 Å². The molecule has 0 unspecified atom stereocenters. The molecule has 0 aliphatic carbocycles. The molecule has 0 saturated heterocycles. The third kappa shape index (κ3) is 2.92. The summed E-state index contributed by atoms with van der Waals surface area (Å²) in [6, 6.07) is 6.19. The van der Waals surface area contributed by atoms with Crippen LogP contribution in [0.4, 0.5) is 4.39 Å². The van der Waals surface area contributed by atoms with Crippen LogP contribution in [0.5, 0.6) is 0 Å². The molecule has 1 heterocycles. The van der Waals surface area contributed by atoms with Gasteiger partial charge in [-0.15, -0.1) is 0 Å². The number of aldehydes is 1. The standard InChI is InChI=1S/C13H11FN2OS/c1-8-5-9(2)16-13(15-8)18-12-4-3-10(7-17)6-11(12)14/h3-7H,1-2H3.